The fourth-order valence-corrected chi connectivity index (χ4v) is 4.18. The van der Waals surface area contributed by atoms with Crippen LogP contribution in [0, 0.1) is 6.92 Å². The molecule has 3 rings (SSSR count). The van der Waals surface area contributed by atoms with Crippen molar-refractivity contribution in [3.8, 4) is 5.75 Å². The third-order valence-electron chi connectivity index (χ3n) is 6.49. The molecule has 0 heterocycles. The minimum absolute atomic E-state index is 0.0222. The van der Waals surface area contributed by atoms with Crippen LogP contribution in [0.2, 0.25) is 5.02 Å². The molecule has 37 heavy (non-hydrogen) atoms. The number of hydrogen-bond acceptors (Lipinski definition) is 3. The van der Waals surface area contributed by atoms with Gasteiger partial charge >= 0.3 is 0 Å². The highest BCUT2D eigenvalue weighted by molar-refractivity contribution is 6.30. The molecule has 0 spiro atoms. The summed E-state index contributed by atoms with van der Waals surface area (Å²) >= 11 is 5.94. The number of benzene rings is 3. The SMILES string of the molecule is CC[C@@H](C)NC(=O)[C@H](Cc1ccccc1)N(Cc1ccccc1C)C(=O)CCCOc1ccc(Cl)cc1. The highest BCUT2D eigenvalue weighted by atomic mass is 35.5. The Morgan fingerprint density at radius 1 is 0.973 bits per heavy atom. The Morgan fingerprint density at radius 3 is 2.32 bits per heavy atom. The van der Waals surface area contributed by atoms with E-state index in [-0.39, 0.29) is 24.3 Å². The van der Waals surface area contributed by atoms with Gasteiger partial charge in [-0.1, -0.05) is 73.1 Å². The van der Waals surface area contributed by atoms with Crippen LogP contribution >= 0.6 is 11.6 Å². The summed E-state index contributed by atoms with van der Waals surface area (Å²) in [4.78, 5) is 29.0. The first-order chi connectivity index (χ1) is 17.9. The van der Waals surface area contributed by atoms with E-state index in [4.69, 9.17) is 16.3 Å². The van der Waals surface area contributed by atoms with Gasteiger partial charge in [-0.05, 0) is 67.6 Å². The molecule has 0 fully saturated rings. The zero-order valence-electron chi connectivity index (χ0n) is 22.0. The summed E-state index contributed by atoms with van der Waals surface area (Å²) in [5.41, 5.74) is 3.13. The maximum atomic E-state index is 13.7. The number of amides is 2. The van der Waals surface area contributed by atoms with Gasteiger partial charge in [-0.2, -0.15) is 0 Å². The Bertz CT molecular complexity index is 1130. The molecule has 2 atom stereocenters. The van der Waals surface area contributed by atoms with Gasteiger partial charge in [-0.3, -0.25) is 9.59 Å². The summed E-state index contributed by atoms with van der Waals surface area (Å²) in [7, 11) is 0. The lowest BCUT2D eigenvalue weighted by atomic mass is 10.0. The zero-order valence-corrected chi connectivity index (χ0v) is 22.7. The average Bonchev–Trinajstić information content (AvgIpc) is 2.91. The molecule has 0 aliphatic heterocycles. The lowest BCUT2D eigenvalue weighted by molar-refractivity contribution is -0.141. The molecule has 0 unspecified atom stereocenters. The van der Waals surface area contributed by atoms with Crippen molar-refractivity contribution in [1.82, 2.24) is 10.2 Å². The number of carbonyl (C=O) groups is 2. The summed E-state index contributed by atoms with van der Waals surface area (Å²) in [5, 5.41) is 3.76. The van der Waals surface area contributed by atoms with Gasteiger partial charge in [-0.15, -0.1) is 0 Å². The van der Waals surface area contributed by atoms with Gasteiger partial charge < -0.3 is 15.0 Å². The third-order valence-corrected chi connectivity index (χ3v) is 6.74. The van der Waals surface area contributed by atoms with Crippen LogP contribution in [0.1, 0.15) is 49.8 Å². The van der Waals surface area contributed by atoms with Crippen molar-refractivity contribution in [3.05, 3.63) is 101 Å². The number of aryl methyl sites for hydroxylation is 1. The lowest BCUT2D eigenvalue weighted by Gasteiger charge is -2.33. The Hall–Kier alpha value is -3.31. The zero-order chi connectivity index (χ0) is 26.6. The Kier molecular flexibility index (Phi) is 11.0. The number of halogens is 1. The van der Waals surface area contributed by atoms with Crippen molar-refractivity contribution in [1.29, 1.82) is 0 Å². The van der Waals surface area contributed by atoms with Gasteiger partial charge in [0.15, 0.2) is 0 Å². The molecule has 196 valence electrons. The highest BCUT2D eigenvalue weighted by Crippen LogP contribution is 2.19. The summed E-state index contributed by atoms with van der Waals surface area (Å²) in [6, 6.07) is 24.4. The van der Waals surface area contributed by atoms with E-state index in [0.29, 0.717) is 36.8 Å². The first-order valence-electron chi connectivity index (χ1n) is 12.9. The van der Waals surface area contributed by atoms with Crippen LogP contribution in [0.15, 0.2) is 78.9 Å². The Morgan fingerprint density at radius 2 is 1.65 bits per heavy atom. The number of ether oxygens (including phenoxy) is 1. The van der Waals surface area contributed by atoms with Crippen LogP contribution in [0.25, 0.3) is 0 Å². The number of hydrogen-bond donors (Lipinski definition) is 1. The number of nitrogens with zero attached hydrogens (tertiary/aromatic N) is 1. The fraction of sp³-hybridized carbons (Fsp3) is 0.355. The van der Waals surface area contributed by atoms with Crippen molar-refractivity contribution in [3.63, 3.8) is 0 Å². The van der Waals surface area contributed by atoms with Crippen LogP contribution in [0.3, 0.4) is 0 Å². The van der Waals surface area contributed by atoms with E-state index in [1.807, 2.05) is 87.5 Å². The Labute approximate surface area is 225 Å². The molecule has 0 aliphatic rings. The molecule has 0 saturated heterocycles. The maximum absolute atomic E-state index is 13.7. The molecule has 1 N–H and O–H groups in total. The molecule has 0 aliphatic carbocycles. The minimum Gasteiger partial charge on any atom is -0.494 e. The van der Waals surface area contributed by atoms with Gasteiger partial charge in [0.25, 0.3) is 0 Å². The normalized spacial score (nSPS) is 12.4. The highest BCUT2D eigenvalue weighted by Gasteiger charge is 2.31. The molecular formula is C31H37ClN2O3. The molecular weight excluding hydrogens is 484 g/mol. The summed E-state index contributed by atoms with van der Waals surface area (Å²) in [5.74, 6) is 0.518. The van der Waals surface area contributed by atoms with Gasteiger partial charge in [0.1, 0.15) is 11.8 Å². The predicted octanol–water partition coefficient (Wildman–Crippen LogP) is 6.36. The second kappa shape index (κ2) is 14.4. The largest absolute Gasteiger partial charge is 0.494 e. The summed E-state index contributed by atoms with van der Waals surface area (Å²) in [6.07, 6.45) is 2.08. The van der Waals surface area contributed by atoms with E-state index >= 15 is 0 Å². The van der Waals surface area contributed by atoms with Gasteiger partial charge in [0, 0.05) is 30.5 Å². The van der Waals surface area contributed by atoms with E-state index in [1.54, 1.807) is 17.0 Å². The molecule has 6 heteroatoms. The van der Waals surface area contributed by atoms with E-state index in [9.17, 15) is 9.59 Å². The molecule has 5 nitrogen and oxygen atoms in total. The van der Waals surface area contributed by atoms with Gasteiger partial charge in [0.2, 0.25) is 11.8 Å². The molecule has 0 aromatic heterocycles. The van der Waals surface area contributed by atoms with Crippen LogP contribution in [0.4, 0.5) is 0 Å². The summed E-state index contributed by atoms with van der Waals surface area (Å²) in [6.45, 7) is 6.82. The van der Waals surface area contributed by atoms with Crippen molar-refractivity contribution in [2.75, 3.05) is 6.61 Å². The number of carbonyl (C=O) groups excluding carboxylic acids is 2. The van der Waals surface area contributed by atoms with Crippen molar-refractivity contribution < 1.29 is 14.3 Å². The van der Waals surface area contributed by atoms with Crippen LogP contribution < -0.4 is 10.1 Å². The Balaban J connectivity index is 1.80. The molecule has 3 aromatic rings. The van der Waals surface area contributed by atoms with Crippen molar-refractivity contribution in [2.24, 2.45) is 0 Å². The molecule has 0 radical (unpaired) electrons. The summed E-state index contributed by atoms with van der Waals surface area (Å²) < 4.78 is 5.79. The standard InChI is InChI=1S/C31H37ClN2O3/c1-4-24(3)33-31(36)29(21-25-12-6-5-7-13-25)34(22-26-14-9-8-11-23(26)2)30(35)15-10-20-37-28-18-16-27(32)17-19-28/h5-9,11-14,16-19,24,29H,4,10,15,20-22H2,1-3H3,(H,33,36)/t24-,29+/m1/s1. The number of rotatable bonds is 13. The van der Waals surface area contributed by atoms with Crippen LogP contribution in [-0.2, 0) is 22.6 Å². The second-order valence-corrected chi connectivity index (χ2v) is 9.81. The predicted molar refractivity (Wildman–Crippen MR) is 150 cm³/mol. The number of nitrogens with one attached hydrogen (secondary N) is 1. The van der Waals surface area contributed by atoms with Crippen molar-refractivity contribution >= 4 is 23.4 Å². The quantitative estimate of drug-likeness (QED) is 0.267. The van der Waals surface area contributed by atoms with E-state index in [1.165, 1.54) is 0 Å². The van der Waals surface area contributed by atoms with Crippen LogP contribution in [-0.4, -0.2) is 35.4 Å². The van der Waals surface area contributed by atoms with E-state index in [0.717, 1.165) is 23.1 Å². The van der Waals surface area contributed by atoms with E-state index < -0.39 is 6.04 Å². The first-order valence-corrected chi connectivity index (χ1v) is 13.3. The molecule has 2 amide bonds. The van der Waals surface area contributed by atoms with Gasteiger partial charge in [0.05, 0.1) is 6.61 Å². The topological polar surface area (TPSA) is 58.6 Å². The smallest absolute Gasteiger partial charge is 0.243 e. The maximum Gasteiger partial charge on any atom is 0.243 e. The first kappa shape index (κ1) is 28.3. The monoisotopic (exact) mass is 520 g/mol. The minimum atomic E-state index is -0.624. The third kappa shape index (κ3) is 8.94. The average molecular weight is 521 g/mol. The fourth-order valence-electron chi connectivity index (χ4n) is 4.05. The molecule has 3 aromatic carbocycles. The van der Waals surface area contributed by atoms with Crippen LogP contribution in [0.5, 0.6) is 5.75 Å². The molecule has 0 saturated carbocycles. The molecule has 0 bridgehead atoms. The van der Waals surface area contributed by atoms with E-state index in [2.05, 4.69) is 5.32 Å². The van der Waals surface area contributed by atoms with Gasteiger partial charge in [-0.25, -0.2) is 0 Å². The second-order valence-electron chi connectivity index (χ2n) is 9.38. The van der Waals surface area contributed by atoms with Crippen molar-refractivity contribution in [2.45, 2.75) is 65.1 Å². The lowest BCUT2D eigenvalue weighted by Crippen LogP contribution is -2.52.